The van der Waals surface area contributed by atoms with E-state index in [-0.39, 0.29) is 6.10 Å². The Morgan fingerprint density at radius 1 is 1.14 bits per heavy atom. The summed E-state index contributed by atoms with van der Waals surface area (Å²) in [5, 5.41) is 0. The molecule has 1 unspecified atom stereocenters. The Morgan fingerprint density at radius 3 is 2.14 bits per heavy atom. The molecule has 0 spiro atoms. The van der Waals surface area contributed by atoms with Crippen molar-refractivity contribution in [3.63, 3.8) is 0 Å². The van der Waals surface area contributed by atoms with E-state index in [1.54, 1.807) is 0 Å². The van der Waals surface area contributed by atoms with Crippen molar-refractivity contribution < 1.29 is 14.3 Å². The molecule has 0 aliphatic heterocycles. The molecule has 3 heteroatoms. The number of carbonyl (C=O) groups excluding carboxylic acids is 1. The predicted octanol–water partition coefficient (Wildman–Crippen LogP) is 3.37. The topological polar surface area (TPSA) is 35.5 Å². The van der Waals surface area contributed by atoms with Crippen LogP contribution in [0.3, 0.4) is 0 Å². The van der Waals surface area contributed by atoms with Gasteiger partial charge in [-0.1, -0.05) is 34.1 Å². The summed E-state index contributed by atoms with van der Waals surface area (Å²) in [7, 11) is 0. The lowest BCUT2D eigenvalue weighted by atomic mass is 10.1. The largest absolute Gasteiger partial charge is 0.508 e. The highest BCUT2D eigenvalue weighted by atomic mass is 16.7. The Morgan fingerprint density at radius 2 is 1.71 bits per heavy atom. The first-order valence-electron chi connectivity index (χ1n) is 5.47. The Kier molecular flexibility index (Phi) is 7.25. The summed E-state index contributed by atoms with van der Waals surface area (Å²) in [6.07, 6.45) is 2.17. The van der Waals surface area contributed by atoms with Crippen LogP contribution in [0.25, 0.3) is 0 Å². The van der Waals surface area contributed by atoms with Crippen molar-refractivity contribution in [3.8, 4) is 0 Å². The average molecular weight is 202 g/mol. The van der Waals surface area contributed by atoms with Gasteiger partial charge in [0.15, 0.2) is 0 Å². The molecule has 0 radical (unpaired) electrons. The van der Waals surface area contributed by atoms with Gasteiger partial charge in [0.2, 0.25) is 0 Å². The van der Waals surface area contributed by atoms with Gasteiger partial charge in [-0.3, -0.25) is 0 Å². The molecular weight excluding hydrogens is 180 g/mol. The SMILES string of the molecule is CCC(C)COC(=O)OC(CC)CC. The maximum Gasteiger partial charge on any atom is 0.508 e. The van der Waals surface area contributed by atoms with Crippen LogP contribution >= 0.6 is 0 Å². The van der Waals surface area contributed by atoms with Gasteiger partial charge in [-0.25, -0.2) is 4.79 Å². The summed E-state index contributed by atoms with van der Waals surface area (Å²) in [5.41, 5.74) is 0. The monoisotopic (exact) mass is 202 g/mol. The van der Waals surface area contributed by atoms with Crippen LogP contribution in [0.4, 0.5) is 4.79 Å². The summed E-state index contributed by atoms with van der Waals surface area (Å²) in [6, 6.07) is 0. The predicted molar refractivity (Wildman–Crippen MR) is 56.3 cm³/mol. The zero-order chi connectivity index (χ0) is 11.0. The van der Waals surface area contributed by atoms with Crippen LogP contribution in [0, 0.1) is 5.92 Å². The number of carbonyl (C=O) groups is 1. The molecule has 0 bridgehead atoms. The van der Waals surface area contributed by atoms with Gasteiger partial charge in [-0.15, -0.1) is 0 Å². The first-order chi connectivity index (χ1) is 6.63. The third-order valence-corrected chi connectivity index (χ3v) is 2.36. The van der Waals surface area contributed by atoms with Crippen molar-refractivity contribution in [1.82, 2.24) is 0 Å². The van der Waals surface area contributed by atoms with E-state index in [4.69, 9.17) is 9.47 Å². The number of ether oxygens (including phenoxy) is 2. The molecule has 0 rings (SSSR count). The molecule has 0 amide bonds. The lowest BCUT2D eigenvalue weighted by Gasteiger charge is -2.15. The van der Waals surface area contributed by atoms with E-state index in [0.29, 0.717) is 12.5 Å². The van der Waals surface area contributed by atoms with Gasteiger partial charge < -0.3 is 9.47 Å². The quantitative estimate of drug-likeness (QED) is 0.619. The van der Waals surface area contributed by atoms with E-state index in [1.165, 1.54) is 0 Å². The molecule has 0 aliphatic carbocycles. The van der Waals surface area contributed by atoms with E-state index >= 15 is 0 Å². The zero-order valence-corrected chi connectivity index (χ0v) is 9.71. The highest BCUT2D eigenvalue weighted by molar-refractivity contribution is 5.60. The van der Waals surface area contributed by atoms with E-state index in [9.17, 15) is 4.79 Å². The zero-order valence-electron chi connectivity index (χ0n) is 9.71. The van der Waals surface area contributed by atoms with Crippen molar-refractivity contribution in [2.24, 2.45) is 5.92 Å². The summed E-state index contributed by atoms with van der Waals surface area (Å²) in [5.74, 6) is 0.407. The summed E-state index contributed by atoms with van der Waals surface area (Å²) in [6.45, 7) is 8.56. The second-order valence-electron chi connectivity index (χ2n) is 3.63. The van der Waals surface area contributed by atoms with Crippen LogP contribution in [0.2, 0.25) is 0 Å². The Hall–Kier alpha value is -0.730. The highest BCUT2D eigenvalue weighted by Crippen LogP contribution is 2.06. The Labute approximate surface area is 86.8 Å². The summed E-state index contributed by atoms with van der Waals surface area (Å²) in [4.78, 5) is 11.1. The van der Waals surface area contributed by atoms with Crippen molar-refractivity contribution in [1.29, 1.82) is 0 Å². The maximum atomic E-state index is 11.1. The minimum atomic E-state index is -0.529. The molecular formula is C11H22O3. The second kappa shape index (κ2) is 7.65. The fraction of sp³-hybridized carbons (Fsp3) is 0.909. The molecule has 0 aromatic heterocycles. The number of hydrogen-bond donors (Lipinski definition) is 0. The van der Waals surface area contributed by atoms with Crippen molar-refractivity contribution in [2.45, 2.75) is 53.1 Å². The maximum absolute atomic E-state index is 11.1. The smallest absolute Gasteiger partial charge is 0.434 e. The minimum Gasteiger partial charge on any atom is -0.434 e. The number of rotatable bonds is 6. The molecule has 1 atom stereocenters. The van der Waals surface area contributed by atoms with E-state index in [0.717, 1.165) is 19.3 Å². The normalized spacial score (nSPS) is 12.6. The summed E-state index contributed by atoms with van der Waals surface area (Å²) >= 11 is 0. The molecule has 3 nitrogen and oxygen atoms in total. The molecule has 0 aliphatic rings. The van der Waals surface area contributed by atoms with E-state index in [1.807, 2.05) is 20.8 Å². The van der Waals surface area contributed by atoms with E-state index in [2.05, 4.69) is 6.92 Å². The standard InChI is InChI=1S/C11H22O3/c1-5-9(4)8-13-11(12)14-10(6-2)7-3/h9-10H,5-8H2,1-4H3. The van der Waals surface area contributed by atoms with Crippen molar-refractivity contribution in [3.05, 3.63) is 0 Å². The van der Waals surface area contributed by atoms with Crippen LogP contribution in [-0.4, -0.2) is 18.9 Å². The van der Waals surface area contributed by atoms with Crippen molar-refractivity contribution >= 4 is 6.16 Å². The molecule has 0 N–H and O–H groups in total. The lowest BCUT2D eigenvalue weighted by molar-refractivity contribution is 0.0141. The third kappa shape index (κ3) is 5.84. The fourth-order valence-corrected chi connectivity index (χ4v) is 0.954. The molecule has 0 aromatic rings. The average Bonchev–Trinajstić information content (AvgIpc) is 2.22. The lowest BCUT2D eigenvalue weighted by Crippen LogP contribution is -2.19. The van der Waals surface area contributed by atoms with Gasteiger partial charge in [0, 0.05) is 0 Å². The summed E-state index contributed by atoms with van der Waals surface area (Å²) < 4.78 is 10.1. The molecule has 0 fully saturated rings. The molecule has 0 saturated carbocycles. The first kappa shape index (κ1) is 13.3. The molecule has 14 heavy (non-hydrogen) atoms. The molecule has 0 saturated heterocycles. The van der Waals surface area contributed by atoms with E-state index < -0.39 is 6.16 Å². The van der Waals surface area contributed by atoms with Crippen LogP contribution < -0.4 is 0 Å². The highest BCUT2D eigenvalue weighted by Gasteiger charge is 2.12. The van der Waals surface area contributed by atoms with Gasteiger partial charge in [0.05, 0.1) is 6.61 Å². The Balaban J connectivity index is 3.64. The molecule has 0 aromatic carbocycles. The molecule has 84 valence electrons. The first-order valence-corrected chi connectivity index (χ1v) is 5.47. The second-order valence-corrected chi connectivity index (χ2v) is 3.63. The molecule has 0 heterocycles. The Bertz CT molecular complexity index is 153. The van der Waals surface area contributed by atoms with Gasteiger partial charge in [0.1, 0.15) is 6.10 Å². The number of hydrogen-bond acceptors (Lipinski definition) is 3. The fourth-order valence-electron chi connectivity index (χ4n) is 0.954. The third-order valence-electron chi connectivity index (χ3n) is 2.36. The minimum absolute atomic E-state index is 0.000525. The van der Waals surface area contributed by atoms with Gasteiger partial charge in [-0.2, -0.15) is 0 Å². The van der Waals surface area contributed by atoms with Crippen molar-refractivity contribution in [2.75, 3.05) is 6.61 Å². The van der Waals surface area contributed by atoms with Crippen LogP contribution in [0.5, 0.6) is 0 Å². The van der Waals surface area contributed by atoms with Gasteiger partial charge in [0.25, 0.3) is 0 Å². The van der Waals surface area contributed by atoms with Crippen LogP contribution in [0.15, 0.2) is 0 Å². The van der Waals surface area contributed by atoms with Gasteiger partial charge >= 0.3 is 6.16 Å². The van der Waals surface area contributed by atoms with Gasteiger partial charge in [-0.05, 0) is 18.8 Å². The van der Waals surface area contributed by atoms with Crippen LogP contribution in [-0.2, 0) is 9.47 Å². The van der Waals surface area contributed by atoms with Crippen LogP contribution in [0.1, 0.15) is 47.0 Å².